The predicted octanol–water partition coefficient (Wildman–Crippen LogP) is 1.30. The molecule has 0 bridgehead atoms. The van der Waals surface area contributed by atoms with Crippen molar-refractivity contribution in [3.8, 4) is 0 Å². The van der Waals surface area contributed by atoms with Crippen LogP contribution in [-0.4, -0.2) is 30.9 Å². The molecule has 1 heterocycles. The topological polar surface area (TPSA) is 47.6 Å². The zero-order valence-corrected chi connectivity index (χ0v) is 10.3. The first kappa shape index (κ1) is 11.9. The van der Waals surface area contributed by atoms with Crippen LogP contribution in [0.25, 0.3) is 0 Å². The first-order chi connectivity index (χ1) is 7.48. The highest BCUT2D eigenvalue weighted by Gasteiger charge is 2.35. The standard InChI is InChI=1S/C12H21NO3/c1-8(9-4-5-9)11(14)13-6-10-7-15-12(2,3)16-10/h8-10H,4-7H2,1-3H3,(H,13,14). The fourth-order valence-electron chi connectivity index (χ4n) is 2.05. The number of hydrogen-bond donors (Lipinski definition) is 1. The Morgan fingerprint density at radius 2 is 2.19 bits per heavy atom. The van der Waals surface area contributed by atoms with Gasteiger partial charge in [-0.1, -0.05) is 6.92 Å². The lowest BCUT2D eigenvalue weighted by Crippen LogP contribution is -2.37. The van der Waals surface area contributed by atoms with Gasteiger partial charge in [-0.2, -0.15) is 0 Å². The fourth-order valence-corrected chi connectivity index (χ4v) is 2.05. The molecular formula is C12H21NO3. The van der Waals surface area contributed by atoms with Gasteiger partial charge in [0.25, 0.3) is 0 Å². The molecule has 0 radical (unpaired) electrons. The van der Waals surface area contributed by atoms with Gasteiger partial charge in [-0.25, -0.2) is 0 Å². The molecule has 0 spiro atoms. The van der Waals surface area contributed by atoms with Crippen LogP contribution >= 0.6 is 0 Å². The van der Waals surface area contributed by atoms with Crippen molar-refractivity contribution >= 4 is 5.91 Å². The van der Waals surface area contributed by atoms with Crippen molar-refractivity contribution in [1.29, 1.82) is 0 Å². The minimum absolute atomic E-state index is 0.00893. The average molecular weight is 227 g/mol. The molecule has 2 rings (SSSR count). The SMILES string of the molecule is CC(C(=O)NCC1COC(C)(C)O1)C1CC1. The van der Waals surface area contributed by atoms with Crippen LogP contribution in [0.5, 0.6) is 0 Å². The molecule has 1 aliphatic carbocycles. The third-order valence-electron chi connectivity index (χ3n) is 3.31. The predicted molar refractivity (Wildman–Crippen MR) is 59.8 cm³/mol. The van der Waals surface area contributed by atoms with E-state index in [-0.39, 0.29) is 17.9 Å². The van der Waals surface area contributed by atoms with E-state index in [0.717, 1.165) is 0 Å². The molecule has 1 N–H and O–H groups in total. The van der Waals surface area contributed by atoms with E-state index >= 15 is 0 Å². The number of hydrogen-bond acceptors (Lipinski definition) is 3. The van der Waals surface area contributed by atoms with Gasteiger partial charge in [-0.3, -0.25) is 4.79 Å². The quantitative estimate of drug-likeness (QED) is 0.787. The van der Waals surface area contributed by atoms with Gasteiger partial charge >= 0.3 is 0 Å². The lowest BCUT2D eigenvalue weighted by atomic mass is 10.1. The molecule has 4 nitrogen and oxygen atoms in total. The summed E-state index contributed by atoms with van der Waals surface area (Å²) in [6.07, 6.45) is 2.39. The summed E-state index contributed by atoms with van der Waals surface area (Å²) in [6.45, 7) is 6.90. The zero-order chi connectivity index (χ0) is 11.8. The third-order valence-corrected chi connectivity index (χ3v) is 3.31. The number of carbonyl (C=O) groups excluding carboxylic acids is 1. The highest BCUT2D eigenvalue weighted by Crippen LogP contribution is 2.36. The summed E-state index contributed by atoms with van der Waals surface area (Å²) in [6, 6.07) is 0. The van der Waals surface area contributed by atoms with Crippen LogP contribution in [0.4, 0.5) is 0 Å². The van der Waals surface area contributed by atoms with Crippen molar-refractivity contribution in [2.75, 3.05) is 13.2 Å². The van der Waals surface area contributed by atoms with Gasteiger partial charge in [-0.15, -0.1) is 0 Å². The summed E-state index contributed by atoms with van der Waals surface area (Å²) >= 11 is 0. The molecule has 1 aliphatic heterocycles. The smallest absolute Gasteiger partial charge is 0.223 e. The Balaban J connectivity index is 1.69. The number of amides is 1. The van der Waals surface area contributed by atoms with E-state index < -0.39 is 5.79 Å². The van der Waals surface area contributed by atoms with Crippen LogP contribution in [0, 0.1) is 11.8 Å². The summed E-state index contributed by atoms with van der Waals surface area (Å²) in [5.74, 6) is 0.403. The third kappa shape index (κ3) is 2.95. The van der Waals surface area contributed by atoms with Gasteiger partial charge in [0.05, 0.1) is 6.61 Å². The second-order valence-corrected chi connectivity index (χ2v) is 5.32. The monoisotopic (exact) mass is 227 g/mol. The van der Waals surface area contributed by atoms with Crippen molar-refractivity contribution in [3.05, 3.63) is 0 Å². The summed E-state index contributed by atoms with van der Waals surface area (Å²) in [5, 5.41) is 2.94. The van der Waals surface area contributed by atoms with E-state index in [9.17, 15) is 4.79 Å². The maximum absolute atomic E-state index is 11.7. The molecule has 0 aromatic carbocycles. The minimum Gasteiger partial charge on any atom is -0.353 e. The van der Waals surface area contributed by atoms with Gasteiger partial charge in [0.1, 0.15) is 6.10 Å². The van der Waals surface area contributed by atoms with Crippen molar-refractivity contribution < 1.29 is 14.3 Å². The van der Waals surface area contributed by atoms with E-state index in [1.54, 1.807) is 0 Å². The average Bonchev–Trinajstić information content (AvgIpc) is 2.99. The molecule has 2 aliphatic rings. The highest BCUT2D eigenvalue weighted by molar-refractivity contribution is 5.78. The Labute approximate surface area is 96.7 Å². The zero-order valence-electron chi connectivity index (χ0n) is 10.3. The molecule has 4 heteroatoms. The van der Waals surface area contributed by atoms with Crippen LogP contribution in [0.2, 0.25) is 0 Å². The first-order valence-corrected chi connectivity index (χ1v) is 6.07. The number of ether oxygens (including phenoxy) is 2. The number of nitrogens with one attached hydrogen (secondary N) is 1. The summed E-state index contributed by atoms with van der Waals surface area (Å²) in [4.78, 5) is 11.7. The van der Waals surface area contributed by atoms with Crippen molar-refractivity contribution in [2.24, 2.45) is 11.8 Å². The molecule has 1 amide bonds. The molecule has 16 heavy (non-hydrogen) atoms. The molecule has 1 saturated heterocycles. The van der Waals surface area contributed by atoms with Crippen LogP contribution in [0.15, 0.2) is 0 Å². The van der Waals surface area contributed by atoms with Crippen molar-refractivity contribution in [1.82, 2.24) is 5.32 Å². The van der Waals surface area contributed by atoms with E-state index in [4.69, 9.17) is 9.47 Å². The van der Waals surface area contributed by atoms with Crippen LogP contribution in [0.3, 0.4) is 0 Å². The van der Waals surface area contributed by atoms with Gasteiger partial charge in [0.2, 0.25) is 5.91 Å². The Bertz CT molecular complexity index is 273. The molecule has 1 saturated carbocycles. The molecule has 2 fully saturated rings. The minimum atomic E-state index is -0.502. The highest BCUT2D eigenvalue weighted by atomic mass is 16.7. The van der Waals surface area contributed by atoms with Crippen LogP contribution in [-0.2, 0) is 14.3 Å². The normalized spacial score (nSPS) is 30.1. The van der Waals surface area contributed by atoms with Gasteiger partial charge in [0.15, 0.2) is 5.79 Å². The largest absolute Gasteiger partial charge is 0.353 e. The molecule has 2 unspecified atom stereocenters. The second-order valence-electron chi connectivity index (χ2n) is 5.32. The molecule has 0 aromatic rings. The van der Waals surface area contributed by atoms with E-state index in [0.29, 0.717) is 19.1 Å². The number of carbonyl (C=O) groups is 1. The maximum atomic E-state index is 11.7. The van der Waals surface area contributed by atoms with E-state index in [2.05, 4.69) is 5.32 Å². The Morgan fingerprint density at radius 3 is 2.69 bits per heavy atom. The second kappa shape index (κ2) is 4.34. The molecular weight excluding hydrogens is 206 g/mol. The Hall–Kier alpha value is -0.610. The summed E-state index contributed by atoms with van der Waals surface area (Å²) in [5.41, 5.74) is 0. The van der Waals surface area contributed by atoms with Crippen LogP contribution < -0.4 is 5.32 Å². The van der Waals surface area contributed by atoms with Crippen molar-refractivity contribution in [2.45, 2.75) is 45.5 Å². The van der Waals surface area contributed by atoms with Gasteiger partial charge in [-0.05, 0) is 32.6 Å². The summed E-state index contributed by atoms with van der Waals surface area (Å²) < 4.78 is 11.1. The first-order valence-electron chi connectivity index (χ1n) is 6.07. The summed E-state index contributed by atoms with van der Waals surface area (Å²) in [7, 11) is 0. The Morgan fingerprint density at radius 1 is 1.50 bits per heavy atom. The van der Waals surface area contributed by atoms with E-state index in [1.165, 1.54) is 12.8 Å². The molecule has 0 aromatic heterocycles. The van der Waals surface area contributed by atoms with E-state index in [1.807, 2.05) is 20.8 Å². The number of rotatable bonds is 4. The van der Waals surface area contributed by atoms with Crippen LogP contribution in [0.1, 0.15) is 33.6 Å². The molecule has 92 valence electrons. The maximum Gasteiger partial charge on any atom is 0.223 e. The van der Waals surface area contributed by atoms with Gasteiger partial charge in [0, 0.05) is 12.5 Å². The fraction of sp³-hybridized carbons (Fsp3) is 0.917. The van der Waals surface area contributed by atoms with Gasteiger partial charge < -0.3 is 14.8 Å². The van der Waals surface area contributed by atoms with Crippen molar-refractivity contribution in [3.63, 3.8) is 0 Å². The lowest BCUT2D eigenvalue weighted by molar-refractivity contribution is -0.140. The molecule has 2 atom stereocenters. The Kier molecular flexibility index (Phi) is 3.22. The lowest BCUT2D eigenvalue weighted by Gasteiger charge is -2.18.